The van der Waals surface area contributed by atoms with Gasteiger partial charge < -0.3 is 10.2 Å². The normalized spacial score (nSPS) is 23.2. The standard InChI is InChI=1S/C20H19ClN2O/c1-13-11-18(16-8-7-14(21)12-19(16)22-13)17-9-10-23(20(17)24)15-5-3-2-4-6-15/h2-8,12-13,22H,9-11H2,1H3/b18-17+/t13-/m0/s1. The summed E-state index contributed by atoms with van der Waals surface area (Å²) < 4.78 is 0. The van der Waals surface area contributed by atoms with Gasteiger partial charge >= 0.3 is 0 Å². The molecule has 1 saturated heterocycles. The minimum atomic E-state index is 0.131. The maximum absolute atomic E-state index is 13.0. The van der Waals surface area contributed by atoms with Gasteiger partial charge in [-0.1, -0.05) is 35.9 Å². The van der Waals surface area contributed by atoms with Crippen molar-refractivity contribution >= 4 is 34.5 Å². The lowest BCUT2D eigenvalue weighted by atomic mass is 9.89. The number of amides is 1. The number of rotatable bonds is 1. The van der Waals surface area contributed by atoms with Gasteiger partial charge in [-0.25, -0.2) is 0 Å². The van der Waals surface area contributed by atoms with Crippen LogP contribution in [0.1, 0.15) is 25.3 Å². The zero-order chi connectivity index (χ0) is 16.7. The van der Waals surface area contributed by atoms with Crippen LogP contribution in [0.4, 0.5) is 11.4 Å². The number of anilines is 2. The average molecular weight is 339 g/mol. The van der Waals surface area contributed by atoms with Crippen molar-refractivity contribution in [2.45, 2.75) is 25.8 Å². The van der Waals surface area contributed by atoms with E-state index in [1.807, 2.05) is 53.4 Å². The Bertz CT molecular complexity index is 829. The van der Waals surface area contributed by atoms with Crippen molar-refractivity contribution < 1.29 is 4.79 Å². The first-order chi connectivity index (χ1) is 11.6. The molecule has 2 aliphatic rings. The van der Waals surface area contributed by atoms with E-state index in [2.05, 4.69) is 12.2 Å². The highest BCUT2D eigenvalue weighted by Crippen LogP contribution is 2.40. The highest BCUT2D eigenvalue weighted by atomic mass is 35.5. The fraction of sp³-hybridized carbons (Fsp3) is 0.250. The van der Waals surface area contributed by atoms with Crippen molar-refractivity contribution in [3.63, 3.8) is 0 Å². The lowest BCUT2D eigenvalue weighted by Crippen LogP contribution is -2.26. The highest BCUT2D eigenvalue weighted by Gasteiger charge is 2.32. The second-order valence-electron chi connectivity index (χ2n) is 6.44. The van der Waals surface area contributed by atoms with Crippen LogP contribution < -0.4 is 10.2 Å². The van der Waals surface area contributed by atoms with Gasteiger partial charge in [-0.05, 0) is 49.6 Å². The number of carbonyl (C=O) groups excluding carboxylic acids is 1. The molecule has 2 heterocycles. The van der Waals surface area contributed by atoms with E-state index in [1.54, 1.807) is 0 Å². The van der Waals surface area contributed by atoms with Gasteiger partial charge in [0.2, 0.25) is 0 Å². The molecule has 0 aromatic heterocycles. The molecule has 0 spiro atoms. The first-order valence-electron chi connectivity index (χ1n) is 8.29. The van der Waals surface area contributed by atoms with Gasteiger partial charge in [0.25, 0.3) is 5.91 Å². The topological polar surface area (TPSA) is 32.3 Å². The number of carbonyl (C=O) groups is 1. The van der Waals surface area contributed by atoms with Crippen molar-refractivity contribution in [3.05, 3.63) is 64.7 Å². The second-order valence-corrected chi connectivity index (χ2v) is 6.88. The largest absolute Gasteiger partial charge is 0.382 e. The first kappa shape index (κ1) is 15.3. The summed E-state index contributed by atoms with van der Waals surface area (Å²) >= 11 is 6.13. The zero-order valence-electron chi connectivity index (χ0n) is 13.6. The van der Waals surface area contributed by atoms with E-state index < -0.39 is 0 Å². The molecule has 4 heteroatoms. The molecule has 4 rings (SSSR count). The Labute approximate surface area is 146 Å². The number of nitrogens with one attached hydrogen (secondary N) is 1. The highest BCUT2D eigenvalue weighted by molar-refractivity contribution is 6.31. The van der Waals surface area contributed by atoms with Crippen LogP contribution in [0, 0.1) is 0 Å². The molecule has 24 heavy (non-hydrogen) atoms. The molecule has 0 aliphatic carbocycles. The number of halogens is 1. The quantitative estimate of drug-likeness (QED) is 0.762. The Morgan fingerprint density at radius 3 is 2.71 bits per heavy atom. The fourth-order valence-corrected chi connectivity index (χ4v) is 3.82. The zero-order valence-corrected chi connectivity index (χ0v) is 14.3. The summed E-state index contributed by atoms with van der Waals surface area (Å²) in [6.07, 6.45) is 1.65. The van der Waals surface area contributed by atoms with Gasteiger partial charge in [-0.2, -0.15) is 0 Å². The first-order valence-corrected chi connectivity index (χ1v) is 8.66. The number of hydrogen-bond donors (Lipinski definition) is 1. The molecule has 0 radical (unpaired) electrons. The monoisotopic (exact) mass is 338 g/mol. The summed E-state index contributed by atoms with van der Waals surface area (Å²) in [7, 11) is 0. The molecule has 1 amide bonds. The Morgan fingerprint density at radius 2 is 1.92 bits per heavy atom. The van der Waals surface area contributed by atoms with Crippen molar-refractivity contribution in [2.24, 2.45) is 0 Å². The molecule has 2 aliphatic heterocycles. The maximum Gasteiger partial charge on any atom is 0.254 e. The molecule has 122 valence electrons. The fourth-order valence-electron chi connectivity index (χ4n) is 3.65. The van der Waals surface area contributed by atoms with Crippen LogP contribution >= 0.6 is 11.6 Å². The summed E-state index contributed by atoms with van der Waals surface area (Å²) in [5.41, 5.74) is 5.20. The lowest BCUT2D eigenvalue weighted by Gasteiger charge is -2.28. The number of benzene rings is 2. The van der Waals surface area contributed by atoms with Crippen molar-refractivity contribution in [1.82, 2.24) is 0 Å². The number of fused-ring (bicyclic) bond motifs is 1. The Hall–Kier alpha value is -2.26. The molecule has 0 bridgehead atoms. The van der Waals surface area contributed by atoms with Crippen molar-refractivity contribution in [2.75, 3.05) is 16.8 Å². The molecule has 1 atom stereocenters. The summed E-state index contributed by atoms with van der Waals surface area (Å²) in [5.74, 6) is 0.131. The van der Waals surface area contributed by atoms with Gasteiger partial charge in [0, 0.05) is 40.1 Å². The van der Waals surface area contributed by atoms with E-state index in [0.717, 1.165) is 47.5 Å². The molecule has 1 fully saturated rings. The maximum atomic E-state index is 13.0. The van der Waals surface area contributed by atoms with E-state index in [4.69, 9.17) is 11.6 Å². The molecular weight excluding hydrogens is 320 g/mol. The van der Waals surface area contributed by atoms with Crippen LogP contribution in [0.2, 0.25) is 5.02 Å². The van der Waals surface area contributed by atoms with Gasteiger partial charge in [0.15, 0.2) is 0 Å². The predicted octanol–water partition coefficient (Wildman–Crippen LogP) is 4.73. The smallest absolute Gasteiger partial charge is 0.254 e. The van der Waals surface area contributed by atoms with Crippen LogP contribution in [0.3, 0.4) is 0 Å². The summed E-state index contributed by atoms with van der Waals surface area (Å²) in [6.45, 7) is 2.88. The third kappa shape index (κ3) is 2.59. The van der Waals surface area contributed by atoms with Crippen LogP contribution in [-0.2, 0) is 4.79 Å². The second kappa shape index (κ2) is 5.99. The summed E-state index contributed by atoms with van der Waals surface area (Å²) in [4.78, 5) is 14.9. The van der Waals surface area contributed by atoms with E-state index in [-0.39, 0.29) is 11.9 Å². The third-order valence-corrected chi connectivity index (χ3v) is 4.97. The molecule has 2 aromatic rings. The number of hydrogen-bond acceptors (Lipinski definition) is 2. The molecule has 2 aromatic carbocycles. The SMILES string of the molecule is C[C@H]1C/C(=C2/CCN(c3ccccc3)C2=O)c2ccc(Cl)cc2N1. The predicted molar refractivity (Wildman–Crippen MR) is 99.5 cm³/mol. The molecule has 1 N–H and O–H groups in total. The van der Waals surface area contributed by atoms with Crippen LogP contribution in [0.5, 0.6) is 0 Å². The Kier molecular flexibility index (Phi) is 3.81. The average Bonchev–Trinajstić information content (AvgIpc) is 2.96. The van der Waals surface area contributed by atoms with E-state index in [9.17, 15) is 4.79 Å². The minimum absolute atomic E-state index is 0.131. The molecule has 3 nitrogen and oxygen atoms in total. The molecule has 0 unspecified atom stereocenters. The summed E-state index contributed by atoms with van der Waals surface area (Å²) in [5, 5.41) is 4.18. The molecule has 0 saturated carbocycles. The lowest BCUT2D eigenvalue weighted by molar-refractivity contribution is -0.114. The van der Waals surface area contributed by atoms with Gasteiger partial charge in [0.1, 0.15) is 0 Å². The summed E-state index contributed by atoms with van der Waals surface area (Å²) in [6, 6.07) is 16.0. The Morgan fingerprint density at radius 1 is 1.12 bits per heavy atom. The van der Waals surface area contributed by atoms with Crippen molar-refractivity contribution in [3.8, 4) is 0 Å². The molecular formula is C20H19ClN2O. The Balaban J connectivity index is 1.77. The van der Waals surface area contributed by atoms with Gasteiger partial charge in [-0.15, -0.1) is 0 Å². The van der Waals surface area contributed by atoms with Gasteiger partial charge in [-0.3, -0.25) is 4.79 Å². The van der Waals surface area contributed by atoms with Crippen LogP contribution in [0.25, 0.3) is 5.57 Å². The van der Waals surface area contributed by atoms with Gasteiger partial charge in [0.05, 0.1) is 0 Å². The van der Waals surface area contributed by atoms with Crippen LogP contribution in [0.15, 0.2) is 54.1 Å². The van der Waals surface area contributed by atoms with E-state index in [1.165, 1.54) is 0 Å². The van der Waals surface area contributed by atoms with Crippen LogP contribution in [-0.4, -0.2) is 18.5 Å². The minimum Gasteiger partial charge on any atom is -0.382 e. The third-order valence-electron chi connectivity index (χ3n) is 4.74. The van der Waals surface area contributed by atoms with Crippen molar-refractivity contribution in [1.29, 1.82) is 0 Å². The number of para-hydroxylation sites is 1. The van der Waals surface area contributed by atoms with E-state index in [0.29, 0.717) is 5.02 Å². The van der Waals surface area contributed by atoms with E-state index >= 15 is 0 Å². The number of nitrogens with zero attached hydrogens (tertiary/aromatic N) is 1.